The molecule has 0 aliphatic heterocycles. The van der Waals surface area contributed by atoms with Crippen molar-refractivity contribution in [2.45, 2.75) is 11.8 Å². The fourth-order valence-corrected chi connectivity index (χ4v) is 3.54. The third kappa shape index (κ3) is 5.38. The van der Waals surface area contributed by atoms with Crippen molar-refractivity contribution < 1.29 is 21.6 Å². The highest BCUT2D eigenvalue weighted by molar-refractivity contribution is 9.10. The van der Waals surface area contributed by atoms with Crippen LogP contribution in [0, 0.1) is 6.92 Å². The molecule has 0 fully saturated rings. The van der Waals surface area contributed by atoms with Gasteiger partial charge in [0.2, 0.25) is 10.0 Å². The third-order valence-corrected chi connectivity index (χ3v) is 5.08. The van der Waals surface area contributed by atoms with E-state index >= 15 is 0 Å². The summed E-state index contributed by atoms with van der Waals surface area (Å²) in [6.45, 7) is 1.39. The van der Waals surface area contributed by atoms with E-state index in [1.54, 1.807) is 0 Å². The van der Waals surface area contributed by atoms with Gasteiger partial charge in [0.15, 0.2) is 0 Å². The number of benzene rings is 1. The molecule has 3 N–H and O–H groups in total. The van der Waals surface area contributed by atoms with Gasteiger partial charge in [0, 0.05) is 22.8 Å². The molecule has 10 heteroatoms. The molecule has 1 aromatic carbocycles. The van der Waals surface area contributed by atoms with Crippen LogP contribution in [0.25, 0.3) is 0 Å². The number of sulfone groups is 1. The van der Waals surface area contributed by atoms with E-state index in [9.17, 15) is 21.6 Å². The second-order valence-corrected chi connectivity index (χ2v) is 9.21. The second-order valence-electron chi connectivity index (χ2n) is 4.51. The fourth-order valence-electron chi connectivity index (χ4n) is 1.63. The van der Waals surface area contributed by atoms with E-state index in [0.717, 1.165) is 6.26 Å². The Morgan fingerprint density at radius 1 is 1.29 bits per heavy atom. The first kappa shape index (κ1) is 18.1. The van der Waals surface area contributed by atoms with E-state index in [1.807, 2.05) is 0 Å². The van der Waals surface area contributed by atoms with Crippen LogP contribution >= 0.6 is 15.9 Å². The van der Waals surface area contributed by atoms with Crippen molar-refractivity contribution in [2.75, 3.05) is 18.6 Å². The molecular weight excluding hydrogens is 384 g/mol. The first-order valence-electron chi connectivity index (χ1n) is 5.70. The summed E-state index contributed by atoms with van der Waals surface area (Å²) in [5.74, 6) is -0.768. The molecule has 0 heterocycles. The Bertz CT molecular complexity index is 772. The highest BCUT2D eigenvalue weighted by Gasteiger charge is 2.19. The Morgan fingerprint density at radius 3 is 2.33 bits per heavy atom. The first-order chi connectivity index (χ1) is 9.42. The molecule has 7 nitrogen and oxygen atoms in total. The Labute approximate surface area is 132 Å². The summed E-state index contributed by atoms with van der Waals surface area (Å²) < 4.78 is 45.3. The van der Waals surface area contributed by atoms with E-state index in [-0.39, 0.29) is 28.3 Å². The zero-order valence-corrected chi connectivity index (χ0v) is 14.6. The molecule has 0 radical (unpaired) electrons. The van der Waals surface area contributed by atoms with Gasteiger partial charge in [0.05, 0.1) is 10.6 Å². The van der Waals surface area contributed by atoms with Crippen LogP contribution in [0.3, 0.4) is 0 Å². The van der Waals surface area contributed by atoms with Crippen molar-refractivity contribution in [1.82, 2.24) is 5.32 Å². The molecule has 1 rings (SSSR count). The minimum atomic E-state index is -3.96. The maximum atomic E-state index is 12.0. The van der Waals surface area contributed by atoms with E-state index in [2.05, 4.69) is 21.2 Å². The van der Waals surface area contributed by atoms with Crippen LogP contribution in [-0.4, -0.2) is 41.3 Å². The lowest BCUT2D eigenvalue weighted by atomic mass is 10.1. The molecule has 0 aliphatic carbocycles. The number of hydrogen-bond acceptors (Lipinski definition) is 5. The minimum absolute atomic E-state index is 0.0612. The van der Waals surface area contributed by atoms with Gasteiger partial charge in [-0.2, -0.15) is 0 Å². The third-order valence-electron chi connectivity index (χ3n) is 2.63. The van der Waals surface area contributed by atoms with E-state index in [0.29, 0.717) is 4.47 Å². The van der Waals surface area contributed by atoms with Crippen molar-refractivity contribution in [3.63, 3.8) is 0 Å². The lowest BCUT2D eigenvalue weighted by Gasteiger charge is -2.11. The van der Waals surface area contributed by atoms with Crippen molar-refractivity contribution in [3.8, 4) is 0 Å². The van der Waals surface area contributed by atoms with Crippen LogP contribution in [0.2, 0.25) is 0 Å². The number of carbonyl (C=O) groups is 1. The molecule has 0 saturated carbocycles. The highest BCUT2D eigenvalue weighted by atomic mass is 79.9. The lowest BCUT2D eigenvalue weighted by Crippen LogP contribution is -2.29. The van der Waals surface area contributed by atoms with Gasteiger partial charge in [-0.3, -0.25) is 4.79 Å². The van der Waals surface area contributed by atoms with Gasteiger partial charge in [0.1, 0.15) is 9.84 Å². The number of halogens is 1. The van der Waals surface area contributed by atoms with Crippen LogP contribution in [0.15, 0.2) is 21.5 Å². The van der Waals surface area contributed by atoms with Crippen molar-refractivity contribution in [3.05, 3.63) is 27.7 Å². The van der Waals surface area contributed by atoms with Crippen LogP contribution in [0.4, 0.5) is 0 Å². The van der Waals surface area contributed by atoms with Gasteiger partial charge in [0.25, 0.3) is 5.91 Å². The van der Waals surface area contributed by atoms with Gasteiger partial charge >= 0.3 is 0 Å². The van der Waals surface area contributed by atoms with Crippen LogP contribution in [0.5, 0.6) is 0 Å². The minimum Gasteiger partial charge on any atom is -0.351 e. The highest BCUT2D eigenvalue weighted by Crippen LogP contribution is 2.23. The molecule has 0 bridgehead atoms. The molecule has 0 saturated heterocycles. The number of amides is 1. The molecule has 21 heavy (non-hydrogen) atoms. The topological polar surface area (TPSA) is 123 Å². The molecule has 0 aromatic heterocycles. The van der Waals surface area contributed by atoms with Crippen molar-refractivity contribution in [2.24, 2.45) is 5.14 Å². The predicted molar refractivity (Wildman–Crippen MR) is 82.3 cm³/mol. The normalized spacial score (nSPS) is 12.2. The smallest absolute Gasteiger partial charge is 0.251 e. The number of rotatable bonds is 5. The van der Waals surface area contributed by atoms with E-state index in [1.165, 1.54) is 19.1 Å². The largest absolute Gasteiger partial charge is 0.351 e. The first-order valence-corrected chi connectivity index (χ1v) is 10.1. The molecular formula is C11H15BrN2O5S2. The van der Waals surface area contributed by atoms with Gasteiger partial charge in [-0.05, 0) is 24.6 Å². The van der Waals surface area contributed by atoms with E-state index < -0.39 is 25.8 Å². The Kier molecular flexibility index (Phi) is 5.53. The summed E-state index contributed by atoms with van der Waals surface area (Å²) in [5.41, 5.74) is 0.319. The molecule has 0 aliphatic rings. The summed E-state index contributed by atoms with van der Waals surface area (Å²) in [6, 6.07) is 2.75. The Hall–Kier alpha value is -0.970. The number of primary sulfonamides is 1. The summed E-state index contributed by atoms with van der Waals surface area (Å²) in [7, 11) is -7.15. The zero-order valence-electron chi connectivity index (χ0n) is 11.4. The van der Waals surface area contributed by atoms with Crippen LogP contribution in [0.1, 0.15) is 15.9 Å². The maximum Gasteiger partial charge on any atom is 0.251 e. The molecule has 118 valence electrons. The molecule has 1 amide bonds. The van der Waals surface area contributed by atoms with Crippen LogP contribution < -0.4 is 10.5 Å². The van der Waals surface area contributed by atoms with E-state index in [4.69, 9.17) is 5.14 Å². The quantitative estimate of drug-likeness (QED) is 0.731. The maximum absolute atomic E-state index is 12.0. The van der Waals surface area contributed by atoms with Gasteiger partial charge in [-0.15, -0.1) is 0 Å². The molecule has 0 unspecified atom stereocenters. The molecule has 1 aromatic rings. The van der Waals surface area contributed by atoms with Crippen molar-refractivity contribution in [1.29, 1.82) is 0 Å². The number of nitrogens with one attached hydrogen (secondary N) is 1. The number of sulfonamides is 1. The molecule has 0 atom stereocenters. The lowest BCUT2D eigenvalue weighted by molar-refractivity contribution is 0.0955. The summed E-state index contributed by atoms with van der Waals surface area (Å²) >= 11 is 3.11. The van der Waals surface area contributed by atoms with Gasteiger partial charge in [-0.1, -0.05) is 15.9 Å². The van der Waals surface area contributed by atoms with Crippen LogP contribution in [-0.2, 0) is 19.9 Å². The standard InChI is InChI=1S/C11H15BrN2O5S2/c1-7-9(11(15)14-3-4-20(2,16)17)5-8(12)6-10(7)21(13,18)19/h5-6H,3-4H2,1-2H3,(H,14,15)(H2,13,18,19). The van der Waals surface area contributed by atoms with Crippen molar-refractivity contribution >= 4 is 41.7 Å². The Morgan fingerprint density at radius 2 is 1.86 bits per heavy atom. The summed E-state index contributed by atoms with van der Waals surface area (Å²) in [6.07, 6.45) is 1.06. The average molecular weight is 399 g/mol. The number of carbonyl (C=O) groups excluding carboxylic acids is 1. The second kappa shape index (κ2) is 6.42. The predicted octanol–water partition coefficient (Wildman–Crippen LogP) is 0.179. The van der Waals surface area contributed by atoms with Gasteiger partial charge < -0.3 is 5.32 Å². The summed E-state index contributed by atoms with van der Waals surface area (Å²) in [4.78, 5) is 11.9. The van der Waals surface area contributed by atoms with Gasteiger partial charge in [-0.25, -0.2) is 22.0 Å². The molecule has 0 spiro atoms. The number of hydrogen-bond donors (Lipinski definition) is 2. The SMILES string of the molecule is Cc1c(C(=O)NCCS(C)(=O)=O)cc(Br)cc1S(N)(=O)=O. The average Bonchev–Trinajstić information content (AvgIpc) is 2.28. The summed E-state index contributed by atoms with van der Waals surface area (Å²) in [5, 5.41) is 7.52. The monoisotopic (exact) mass is 398 g/mol. The fraction of sp³-hybridized carbons (Fsp3) is 0.364. The zero-order chi connectivity index (χ0) is 16.4. The number of nitrogens with two attached hydrogens (primary N) is 1. The Balaban J connectivity index is 3.08.